The number of hydrogen-bond acceptors (Lipinski definition) is 4. The Kier molecular flexibility index (Phi) is 9.75. The molecular weight excluding hydrogens is 359 g/mol. The number of halogens is 2. The van der Waals surface area contributed by atoms with Crippen LogP contribution in [0.3, 0.4) is 0 Å². The summed E-state index contributed by atoms with van der Waals surface area (Å²) in [6.45, 7) is 7.58. The molecule has 1 unspecified atom stereocenters. The maximum atomic E-state index is 12.4. The topological polar surface area (TPSA) is 38.8 Å². The van der Waals surface area contributed by atoms with Crippen molar-refractivity contribution in [2.24, 2.45) is 0 Å². The number of hydrogen-bond donors (Lipinski definition) is 1. The quantitative estimate of drug-likeness (QED) is 0.828. The number of nitrogens with zero attached hydrogens (tertiary/aromatic N) is 3. The van der Waals surface area contributed by atoms with Crippen molar-refractivity contribution >= 4 is 30.7 Å². The first-order valence-corrected chi connectivity index (χ1v) is 8.67. The first-order valence-electron chi connectivity index (χ1n) is 8.67. The van der Waals surface area contributed by atoms with E-state index in [-0.39, 0.29) is 30.7 Å². The van der Waals surface area contributed by atoms with Crippen molar-refractivity contribution in [3.8, 4) is 0 Å². The molecule has 3 rings (SSSR count). The summed E-state index contributed by atoms with van der Waals surface area (Å²) < 4.78 is 0. The minimum absolute atomic E-state index is 0. The fourth-order valence-corrected chi connectivity index (χ4v) is 3.42. The molecule has 2 saturated heterocycles. The fraction of sp³-hybridized carbons (Fsp3) is 0.611. The number of piperazine rings is 1. The maximum Gasteiger partial charge on any atom is 0.236 e. The summed E-state index contributed by atoms with van der Waals surface area (Å²) >= 11 is 0. The molecular formula is C18H30Cl2N4O. The Morgan fingerprint density at radius 3 is 2.36 bits per heavy atom. The monoisotopic (exact) mass is 388 g/mol. The lowest BCUT2D eigenvalue weighted by atomic mass is 10.2. The van der Waals surface area contributed by atoms with Crippen molar-refractivity contribution in [3.63, 3.8) is 0 Å². The van der Waals surface area contributed by atoms with Gasteiger partial charge in [0.25, 0.3) is 0 Å². The van der Waals surface area contributed by atoms with Crippen LogP contribution in [0.5, 0.6) is 0 Å². The van der Waals surface area contributed by atoms with Gasteiger partial charge in [-0.15, -0.1) is 24.8 Å². The number of carbonyl (C=O) groups is 1. The molecule has 142 valence electrons. The second kappa shape index (κ2) is 11.0. The highest BCUT2D eigenvalue weighted by atomic mass is 35.5. The van der Waals surface area contributed by atoms with E-state index in [4.69, 9.17) is 0 Å². The van der Waals surface area contributed by atoms with Gasteiger partial charge in [0.15, 0.2) is 0 Å². The van der Waals surface area contributed by atoms with Crippen LogP contribution in [0.2, 0.25) is 0 Å². The van der Waals surface area contributed by atoms with Crippen LogP contribution in [0.15, 0.2) is 30.3 Å². The fourth-order valence-electron chi connectivity index (χ4n) is 3.42. The second-order valence-corrected chi connectivity index (χ2v) is 6.69. The summed E-state index contributed by atoms with van der Waals surface area (Å²) in [5.74, 6) is 0.259. The highest BCUT2D eigenvalue weighted by molar-refractivity contribution is 5.85. The molecule has 0 saturated carbocycles. The first-order chi connectivity index (χ1) is 11.2. The number of carbonyl (C=O) groups excluding carboxylic acids is 1. The molecule has 0 aromatic heterocycles. The van der Waals surface area contributed by atoms with Crippen LogP contribution in [0, 0.1) is 0 Å². The predicted octanol–water partition coefficient (Wildman–Crippen LogP) is 1.47. The summed E-state index contributed by atoms with van der Waals surface area (Å²) in [6, 6.07) is 11.0. The molecule has 0 radical (unpaired) electrons. The minimum atomic E-state index is 0. The lowest BCUT2D eigenvalue weighted by Crippen LogP contribution is -2.50. The van der Waals surface area contributed by atoms with Crippen molar-refractivity contribution in [1.29, 1.82) is 0 Å². The summed E-state index contributed by atoms with van der Waals surface area (Å²) in [5, 5.41) is 3.33. The van der Waals surface area contributed by atoms with Gasteiger partial charge in [-0.25, -0.2) is 0 Å². The Morgan fingerprint density at radius 1 is 1.12 bits per heavy atom. The molecule has 0 bridgehead atoms. The molecule has 2 aliphatic rings. The van der Waals surface area contributed by atoms with Crippen molar-refractivity contribution in [3.05, 3.63) is 35.9 Å². The molecule has 25 heavy (non-hydrogen) atoms. The zero-order valence-electron chi connectivity index (χ0n) is 14.9. The summed E-state index contributed by atoms with van der Waals surface area (Å²) in [6.07, 6.45) is 1.08. The van der Waals surface area contributed by atoms with Crippen molar-refractivity contribution in [2.75, 3.05) is 52.9 Å². The van der Waals surface area contributed by atoms with Gasteiger partial charge >= 0.3 is 0 Å². The van der Waals surface area contributed by atoms with Crippen molar-refractivity contribution in [1.82, 2.24) is 20.0 Å². The van der Waals surface area contributed by atoms with Gasteiger partial charge in [0, 0.05) is 52.4 Å². The molecule has 2 heterocycles. The molecule has 0 spiro atoms. The largest absolute Gasteiger partial charge is 0.340 e. The van der Waals surface area contributed by atoms with Crippen LogP contribution in [-0.4, -0.2) is 79.5 Å². The van der Waals surface area contributed by atoms with Gasteiger partial charge in [0.05, 0.1) is 6.54 Å². The van der Waals surface area contributed by atoms with Gasteiger partial charge < -0.3 is 10.2 Å². The van der Waals surface area contributed by atoms with Crippen LogP contribution in [0.25, 0.3) is 0 Å². The third-order valence-electron chi connectivity index (χ3n) is 5.05. The van der Waals surface area contributed by atoms with Crippen molar-refractivity contribution in [2.45, 2.75) is 19.0 Å². The SMILES string of the molecule is CN(C(=O)CN1CCN(Cc2ccccc2)CC1)C1CCNC1.Cl.Cl. The molecule has 2 fully saturated rings. The highest BCUT2D eigenvalue weighted by Crippen LogP contribution is 2.10. The van der Waals surface area contributed by atoms with Gasteiger partial charge in [-0.1, -0.05) is 30.3 Å². The number of rotatable bonds is 5. The second-order valence-electron chi connectivity index (χ2n) is 6.69. The third kappa shape index (κ3) is 6.42. The van der Waals surface area contributed by atoms with Crippen LogP contribution in [0.4, 0.5) is 0 Å². The van der Waals surface area contributed by atoms with Crippen LogP contribution in [-0.2, 0) is 11.3 Å². The zero-order chi connectivity index (χ0) is 16.1. The van der Waals surface area contributed by atoms with E-state index < -0.39 is 0 Å². The van der Waals surface area contributed by atoms with E-state index in [2.05, 4.69) is 45.4 Å². The van der Waals surface area contributed by atoms with Crippen LogP contribution >= 0.6 is 24.8 Å². The number of likely N-dealkylation sites (N-methyl/N-ethyl adjacent to an activating group) is 1. The Hall–Kier alpha value is -0.850. The van der Waals surface area contributed by atoms with Crippen LogP contribution < -0.4 is 5.32 Å². The minimum Gasteiger partial charge on any atom is -0.340 e. The van der Waals surface area contributed by atoms with Gasteiger partial charge in [-0.2, -0.15) is 0 Å². The zero-order valence-corrected chi connectivity index (χ0v) is 16.5. The molecule has 1 atom stereocenters. The van der Waals surface area contributed by atoms with E-state index in [1.807, 2.05) is 11.9 Å². The molecule has 1 amide bonds. The van der Waals surface area contributed by atoms with Gasteiger partial charge in [-0.3, -0.25) is 14.6 Å². The van der Waals surface area contributed by atoms with Gasteiger partial charge in [0.1, 0.15) is 0 Å². The third-order valence-corrected chi connectivity index (χ3v) is 5.05. The number of nitrogens with one attached hydrogen (secondary N) is 1. The van der Waals surface area contributed by atoms with E-state index in [1.165, 1.54) is 5.56 Å². The average molecular weight is 389 g/mol. The predicted molar refractivity (Wildman–Crippen MR) is 107 cm³/mol. The number of benzene rings is 1. The van der Waals surface area contributed by atoms with E-state index in [9.17, 15) is 4.79 Å². The summed E-state index contributed by atoms with van der Waals surface area (Å²) in [5.41, 5.74) is 1.37. The first kappa shape index (κ1) is 22.2. The average Bonchev–Trinajstić information content (AvgIpc) is 3.11. The smallest absolute Gasteiger partial charge is 0.236 e. The lowest BCUT2D eigenvalue weighted by Gasteiger charge is -2.35. The Bertz CT molecular complexity index is 503. The van der Waals surface area contributed by atoms with Crippen LogP contribution in [0.1, 0.15) is 12.0 Å². The van der Waals surface area contributed by atoms with E-state index >= 15 is 0 Å². The summed E-state index contributed by atoms with van der Waals surface area (Å²) in [4.78, 5) is 19.1. The Morgan fingerprint density at radius 2 is 1.76 bits per heavy atom. The molecule has 0 aliphatic carbocycles. The maximum absolute atomic E-state index is 12.4. The normalized spacial score (nSPS) is 21.2. The van der Waals surface area contributed by atoms with Crippen molar-refractivity contribution < 1.29 is 4.79 Å². The van der Waals surface area contributed by atoms with Gasteiger partial charge in [-0.05, 0) is 18.5 Å². The molecule has 1 aromatic rings. The molecule has 7 heteroatoms. The Balaban J connectivity index is 0.00000156. The van der Waals surface area contributed by atoms with E-state index in [0.717, 1.165) is 52.2 Å². The Labute approximate surface area is 163 Å². The number of amides is 1. The standard InChI is InChI=1S/C18H28N4O.2ClH/c1-20(17-7-8-19-13-17)18(23)15-22-11-9-21(10-12-22)14-16-5-3-2-4-6-16;;/h2-6,17,19H,7-15H2,1H3;2*1H. The van der Waals surface area contributed by atoms with E-state index in [0.29, 0.717) is 12.6 Å². The molecule has 5 nitrogen and oxygen atoms in total. The molecule has 1 aromatic carbocycles. The molecule has 1 N–H and O–H groups in total. The lowest BCUT2D eigenvalue weighted by molar-refractivity contribution is -0.133. The van der Waals surface area contributed by atoms with Gasteiger partial charge in [0.2, 0.25) is 5.91 Å². The summed E-state index contributed by atoms with van der Waals surface area (Å²) in [7, 11) is 1.95. The molecule has 2 aliphatic heterocycles. The highest BCUT2D eigenvalue weighted by Gasteiger charge is 2.25. The van der Waals surface area contributed by atoms with E-state index in [1.54, 1.807) is 0 Å².